The first-order chi connectivity index (χ1) is 10.4. The number of nitrogens with zero attached hydrogens (tertiary/aromatic N) is 3. The molecule has 8 heteroatoms. The summed E-state index contributed by atoms with van der Waals surface area (Å²) in [5.74, 6) is 0.955. The zero-order chi connectivity index (χ0) is 16.3. The Morgan fingerprint density at radius 1 is 1.45 bits per heavy atom. The van der Waals surface area contributed by atoms with E-state index in [0.717, 1.165) is 15.5 Å². The number of nitrogens with one attached hydrogen (secondary N) is 1. The minimum Gasteiger partial charge on any atom is -0.324 e. The third-order valence-corrected chi connectivity index (χ3v) is 4.64. The molecule has 1 aromatic carbocycles. The summed E-state index contributed by atoms with van der Waals surface area (Å²) < 4.78 is 2.87. The van der Waals surface area contributed by atoms with Crippen molar-refractivity contribution < 1.29 is 4.79 Å². The number of hydrogen-bond donors (Lipinski definition) is 1. The molecule has 1 amide bonds. The predicted octanol–water partition coefficient (Wildman–Crippen LogP) is 4.31. The van der Waals surface area contributed by atoms with Crippen LogP contribution in [0.25, 0.3) is 0 Å². The number of hydrogen-bond acceptors (Lipinski definition) is 4. The molecule has 0 aliphatic carbocycles. The summed E-state index contributed by atoms with van der Waals surface area (Å²) in [6.07, 6.45) is 0. The normalized spacial score (nSPS) is 11.0. The maximum atomic E-state index is 12.1. The van der Waals surface area contributed by atoms with Gasteiger partial charge in [-0.1, -0.05) is 39.3 Å². The van der Waals surface area contributed by atoms with Crippen LogP contribution in [0.5, 0.6) is 0 Å². The lowest BCUT2D eigenvalue weighted by atomic mass is 10.3. The van der Waals surface area contributed by atoms with Gasteiger partial charge in [0, 0.05) is 10.5 Å². The second-order valence-corrected chi connectivity index (χ2v) is 7.22. The Balaban J connectivity index is 1.99. The predicted molar refractivity (Wildman–Crippen MR) is 93.6 cm³/mol. The van der Waals surface area contributed by atoms with Crippen LogP contribution >= 0.6 is 39.3 Å². The Morgan fingerprint density at radius 3 is 2.82 bits per heavy atom. The van der Waals surface area contributed by atoms with E-state index < -0.39 is 0 Å². The Morgan fingerprint density at radius 2 is 2.18 bits per heavy atom. The van der Waals surface area contributed by atoms with Gasteiger partial charge in [-0.25, -0.2) is 0 Å². The van der Waals surface area contributed by atoms with E-state index in [4.69, 9.17) is 11.6 Å². The van der Waals surface area contributed by atoms with E-state index in [1.54, 1.807) is 12.1 Å². The van der Waals surface area contributed by atoms with Crippen LogP contribution < -0.4 is 5.32 Å². The van der Waals surface area contributed by atoms with Gasteiger partial charge in [-0.15, -0.1) is 10.2 Å². The number of anilines is 1. The number of aromatic nitrogens is 3. The van der Waals surface area contributed by atoms with Crippen LogP contribution in [0.15, 0.2) is 27.8 Å². The average Bonchev–Trinajstić information content (AvgIpc) is 2.81. The molecule has 0 saturated carbocycles. The van der Waals surface area contributed by atoms with Gasteiger partial charge in [-0.05, 0) is 39.0 Å². The third kappa shape index (κ3) is 4.24. The maximum Gasteiger partial charge on any atom is 0.234 e. The van der Waals surface area contributed by atoms with Gasteiger partial charge in [0.05, 0.1) is 16.5 Å². The number of rotatable bonds is 5. The summed E-state index contributed by atoms with van der Waals surface area (Å²) in [5.41, 5.74) is 0.594. The molecule has 118 valence electrons. The molecule has 5 nitrogen and oxygen atoms in total. The molecule has 2 aromatic rings. The van der Waals surface area contributed by atoms with Crippen LogP contribution in [-0.4, -0.2) is 26.4 Å². The molecular weight excluding hydrogens is 388 g/mol. The topological polar surface area (TPSA) is 59.8 Å². The minimum absolute atomic E-state index is 0.134. The fraction of sp³-hybridized carbons (Fsp3) is 0.357. The number of amides is 1. The van der Waals surface area contributed by atoms with E-state index >= 15 is 0 Å². The van der Waals surface area contributed by atoms with Crippen molar-refractivity contribution in [3.05, 3.63) is 33.5 Å². The fourth-order valence-corrected chi connectivity index (χ4v) is 3.58. The van der Waals surface area contributed by atoms with Gasteiger partial charge in [0.15, 0.2) is 5.16 Å². The monoisotopic (exact) mass is 402 g/mol. The Kier molecular flexibility index (Phi) is 5.88. The summed E-state index contributed by atoms with van der Waals surface area (Å²) in [6, 6.07) is 5.58. The molecular formula is C14H16BrClN4OS. The summed E-state index contributed by atoms with van der Waals surface area (Å²) in [6.45, 7) is 6.02. The lowest BCUT2D eigenvalue weighted by molar-refractivity contribution is -0.113. The SMILES string of the molecule is Cc1nnc(SCC(=O)Nc2ccc(Br)cc2Cl)n1C(C)C. The summed E-state index contributed by atoms with van der Waals surface area (Å²) in [4.78, 5) is 12.1. The molecule has 0 bridgehead atoms. The van der Waals surface area contributed by atoms with E-state index in [1.165, 1.54) is 11.8 Å². The molecule has 0 aliphatic rings. The van der Waals surface area contributed by atoms with Crippen molar-refractivity contribution in [3.8, 4) is 0 Å². The van der Waals surface area contributed by atoms with Crippen LogP contribution in [-0.2, 0) is 4.79 Å². The number of carbonyl (C=O) groups is 1. The Hall–Kier alpha value is -1.05. The van der Waals surface area contributed by atoms with Crippen LogP contribution in [0, 0.1) is 6.92 Å². The number of halogens is 2. The van der Waals surface area contributed by atoms with Crippen LogP contribution in [0.2, 0.25) is 5.02 Å². The van der Waals surface area contributed by atoms with Crippen molar-refractivity contribution >= 4 is 50.9 Å². The van der Waals surface area contributed by atoms with Gasteiger partial charge in [-0.3, -0.25) is 4.79 Å². The van der Waals surface area contributed by atoms with E-state index in [9.17, 15) is 4.79 Å². The molecule has 0 radical (unpaired) electrons. The minimum atomic E-state index is -0.134. The third-order valence-electron chi connectivity index (χ3n) is 2.89. The molecule has 0 spiro atoms. The second kappa shape index (κ2) is 7.48. The zero-order valence-electron chi connectivity index (χ0n) is 12.4. The smallest absolute Gasteiger partial charge is 0.234 e. The van der Waals surface area contributed by atoms with Crippen LogP contribution in [0.1, 0.15) is 25.7 Å². The van der Waals surface area contributed by atoms with Gasteiger partial charge in [0.1, 0.15) is 5.82 Å². The Bertz CT molecular complexity index is 689. The van der Waals surface area contributed by atoms with E-state index in [-0.39, 0.29) is 17.7 Å². The van der Waals surface area contributed by atoms with E-state index in [2.05, 4.69) is 45.3 Å². The van der Waals surface area contributed by atoms with Gasteiger partial charge in [-0.2, -0.15) is 0 Å². The van der Waals surface area contributed by atoms with Crippen molar-refractivity contribution in [2.45, 2.75) is 32.0 Å². The summed E-state index contributed by atoms with van der Waals surface area (Å²) >= 11 is 10.8. The van der Waals surface area contributed by atoms with Crippen molar-refractivity contribution in [3.63, 3.8) is 0 Å². The molecule has 1 N–H and O–H groups in total. The van der Waals surface area contributed by atoms with E-state index in [1.807, 2.05) is 17.6 Å². The van der Waals surface area contributed by atoms with Crippen LogP contribution in [0.3, 0.4) is 0 Å². The average molecular weight is 404 g/mol. The van der Waals surface area contributed by atoms with Crippen molar-refractivity contribution in [2.75, 3.05) is 11.1 Å². The first-order valence-electron chi connectivity index (χ1n) is 6.67. The second-order valence-electron chi connectivity index (χ2n) is 4.95. The highest BCUT2D eigenvalue weighted by molar-refractivity contribution is 9.10. The maximum absolute atomic E-state index is 12.1. The standard InChI is InChI=1S/C14H16BrClN4OS/c1-8(2)20-9(3)18-19-14(20)22-7-13(21)17-12-5-4-10(15)6-11(12)16/h4-6,8H,7H2,1-3H3,(H,17,21). The van der Waals surface area contributed by atoms with Crippen molar-refractivity contribution in [1.29, 1.82) is 0 Å². The highest BCUT2D eigenvalue weighted by Gasteiger charge is 2.14. The summed E-state index contributed by atoms with van der Waals surface area (Å²) in [7, 11) is 0. The fourth-order valence-electron chi connectivity index (χ4n) is 1.95. The number of carbonyl (C=O) groups excluding carboxylic acids is 1. The van der Waals surface area contributed by atoms with Crippen molar-refractivity contribution in [1.82, 2.24) is 14.8 Å². The van der Waals surface area contributed by atoms with Gasteiger partial charge in [0.2, 0.25) is 5.91 Å². The lowest BCUT2D eigenvalue weighted by Gasteiger charge is -2.12. The highest BCUT2D eigenvalue weighted by atomic mass is 79.9. The van der Waals surface area contributed by atoms with Gasteiger partial charge in [0.25, 0.3) is 0 Å². The van der Waals surface area contributed by atoms with Gasteiger partial charge >= 0.3 is 0 Å². The molecule has 2 rings (SSSR count). The quantitative estimate of drug-likeness (QED) is 0.756. The molecule has 0 atom stereocenters. The molecule has 0 unspecified atom stereocenters. The molecule has 0 fully saturated rings. The highest BCUT2D eigenvalue weighted by Crippen LogP contribution is 2.26. The number of benzene rings is 1. The Labute approximate surface area is 147 Å². The van der Waals surface area contributed by atoms with Crippen LogP contribution in [0.4, 0.5) is 5.69 Å². The molecule has 0 saturated heterocycles. The van der Waals surface area contributed by atoms with Gasteiger partial charge < -0.3 is 9.88 Å². The first-order valence-corrected chi connectivity index (χ1v) is 8.83. The lowest BCUT2D eigenvalue weighted by Crippen LogP contribution is -2.15. The van der Waals surface area contributed by atoms with Crippen molar-refractivity contribution in [2.24, 2.45) is 0 Å². The largest absolute Gasteiger partial charge is 0.324 e. The molecule has 1 aromatic heterocycles. The molecule has 0 aliphatic heterocycles. The summed E-state index contributed by atoms with van der Waals surface area (Å²) in [5, 5.41) is 12.2. The van der Waals surface area contributed by atoms with E-state index in [0.29, 0.717) is 10.7 Å². The molecule has 1 heterocycles. The first kappa shape index (κ1) is 17.3. The molecule has 22 heavy (non-hydrogen) atoms. The number of aryl methyl sites for hydroxylation is 1. The zero-order valence-corrected chi connectivity index (χ0v) is 15.6. The number of thioether (sulfide) groups is 1.